The number of ether oxygens (including phenoxy) is 1. The summed E-state index contributed by atoms with van der Waals surface area (Å²) in [4.78, 5) is 3.65. The predicted molar refractivity (Wildman–Crippen MR) is 59.9 cm³/mol. The van der Waals surface area contributed by atoms with Gasteiger partial charge < -0.3 is 4.74 Å². The fourth-order valence-corrected chi connectivity index (χ4v) is 1.84. The second-order valence-electron chi connectivity index (χ2n) is 3.92. The molecule has 0 aromatic heterocycles. The fourth-order valence-electron chi connectivity index (χ4n) is 1.50. The standard InChI is InChI=1S/C11H12ClF3O3/c1-6-4-7(8(12)5-9(6)17-3)10(2,18-16)11(13,14)15/h4-5,16H,1-3H3. The van der Waals surface area contributed by atoms with Crippen LogP contribution in [-0.4, -0.2) is 18.5 Å². The predicted octanol–water partition coefficient (Wildman–Crippen LogP) is 3.92. The van der Waals surface area contributed by atoms with E-state index in [4.69, 9.17) is 21.6 Å². The van der Waals surface area contributed by atoms with Gasteiger partial charge in [-0.25, -0.2) is 4.89 Å². The van der Waals surface area contributed by atoms with Crippen LogP contribution in [0.3, 0.4) is 0 Å². The molecule has 1 rings (SSSR count). The quantitative estimate of drug-likeness (QED) is 0.675. The minimum Gasteiger partial charge on any atom is -0.496 e. The molecule has 1 aromatic rings. The van der Waals surface area contributed by atoms with Crippen molar-refractivity contribution in [2.75, 3.05) is 7.11 Å². The van der Waals surface area contributed by atoms with Crippen LogP contribution in [0.5, 0.6) is 5.75 Å². The fraction of sp³-hybridized carbons (Fsp3) is 0.455. The third kappa shape index (κ3) is 2.41. The van der Waals surface area contributed by atoms with Crippen LogP contribution in [-0.2, 0) is 10.5 Å². The zero-order valence-corrected chi connectivity index (χ0v) is 10.7. The largest absolute Gasteiger partial charge is 0.496 e. The molecule has 1 aromatic carbocycles. The van der Waals surface area contributed by atoms with Crippen molar-refractivity contribution in [3.05, 3.63) is 28.3 Å². The third-order valence-corrected chi connectivity index (χ3v) is 3.03. The van der Waals surface area contributed by atoms with Gasteiger partial charge in [-0.05, 0) is 31.5 Å². The van der Waals surface area contributed by atoms with Crippen molar-refractivity contribution in [3.63, 3.8) is 0 Å². The van der Waals surface area contributed by atoms with E-state index in [0.29, 0.717) is 18.2 Å². The molecule has 3 nitrogen and oxygen atoms in total. The van der Waals surface area contributed by atoms with E-state index in [1.165, 1.54) is 19.2 Å². The molecule has 1 atom stereocenters. The molecule has 0 aliphatic heterocycles. The van der Waals surface area contributed by atoms with Gasteiger partial charge in [0.2, 0.25) is 5.60 Å². The van der Waals surface area contributed by atoms with Crippen molar-refractivity contribution in [1.29, 1.82) is 0 Å². The van der Waals surface area contributed by atoms with E-state index in [9.17, 15) is 13.2 Å². The normalized spacial score (nSPS) is 15.3. The molecule has 7 heteroatoms. The maximum Gasteiger partial charge on any atom is 0.424 e. The highest BCUT2D eigenvalue weighted by molar-refractivity contribution is 6.31. The summed E-state index contributed by atoms with van der Waals surface area (Å²) in [5.74, 6) is 0.353. The van der Waals surface area contributed by atoms with Crippen molar-refractivity contribution in [2.45, 2.75) is 25.6 Å². The molecule has 0 heterocycles. The number of hydrogen-bond donors (Lipinski definition) is 1. The van der Waals surface area contributed by atoms with Gasteiger partial charge in [0, 0.05) is 5.56 Å². The van der Waals surface area contributed by atoms with E-state index in [2.05, 4.69) is 4.89 Å². The van der Waals surface area contributed by atoms with Gasteiger partial charge in [0.15, 0.2) is 0 Å². The van der Waals surface area contributed by atoms with E-state index < -0.39 is 11.8 Å². The molecule has 0 radical (unpaired) electrons. The molecule has 0 aliphatic rings. The maximum atomic E-state index is 12.9. The lowest BCUT2D eigenvalue weighted by atomic mass is 9.93. The summed E-state index contributed by atoms with van der Waals surface area (Å²) in [6, 6.07) is 2.42. The molecular formula is C11H12ClF3O3. The minimum absolute atomic E-state index is 0.202. The Labute approximate surface area is 107 Å². The lowest BCUT2D eigenvalue weighted by Gasteiger charge is -2.30. The van der Waals surface area contributed by atoms with E-state index >= 15 is 0 Å². The number of halogens is 4. The molecule has 1 unspecified atom stereocenters. The number of methoxy groups -OCH3 is 1. The summed E-state index contributed by atoms with van der Waals surface area (Å²) in [7, 11) is 1.38. The number of rotatable bonds is 3. The number of alkyl halides is 3. The van der Waals surface area contributed by atoms with Gasteiger partial charge in [0.05, 0.1) is 12.1 Å². The average molecular weight is 285 g/mol. The molecule has 0 spiro atoms. The molecule has 0 saturated heterocycles. The minimum atomic E-state index is -4.81. The Kier molecular flexibility index (Phi) is 4.15. The van der Waals surface area contributed by atoms with Gasteiger partial charge in [-0.2, -0.15) is 13.2 Å². The second-order valence-corrected chi connectivity index (χ2v) is 4.33. The zero-order valence-electron chi connectivity index (χ0n) is 9.93. The first-order valence-electron chi connectivity index (χ1n) is 4.91. The van der Waals surface area contributed by atoms with Crippen LogP contribution < -0.4 is 4.74 Å². The van der Waals surface area contributed by atoms with Crippen LogP contribution >= 0.6 is 11.6 Å². The SMILES string of the molecule is COc1cc(Cl)c(C(C)(OO)C(F)(F)F)cc1C. The van der Waals surface area contributed by atoms with E-state index in [0.717, 1.165) is 0 Å². The van der Waals surface area contributed by atoms with Crippen molar-refractivity contribution in [2.24, 2.45) is 0 Å². The Morgan fingerprint density at radius 1 is 1.28 bits per heavy atom. The Morgan fingerprint density at radius 3 is 2.22 bits per heavy atom. The molecule has 0 aliphatic carbocycles. The first kappa shape index (κ1) is 15.1. The summed E-state index contributed by atoms with van der Waals surface area (Å²) >= 11 is 5.78. The highest BCUT2D eigenvalue weighted by Crippen LogP contribution is 2.45. The van der Waals surface area contributed by atoms with Crippen LogP contribution in [0.4, 0.5) is 13.2 Å². The average Bonchev–Trinajstić information content (AvgIpc) is 2.29. The number of benzene rings is 1. The lowest BCUT2D eigenvalue weighted by molar-refractivity contribution is -0.403. The monoisotopic (exact) mass is 284 g/mol. The molecule has 0 bridgehead atoms. The summed E-state index contributed by atoms with van der Waals surface area (Å²) in [6.07, 6.45) is -4.81. The van der Waals surface area contributed by atoms with E-state index in [-0.39, 0.29) is 10.6 Å². The third-order valence-electron chi connectivity index (χ3n) is 2.72. The molecule has 1 N–H and O–H groups in total. The van der Waals surface area contributed by atoms with Crippen molar-refractivity contribution >= 4 is 11.6 Å². The van der Waals surface area contributed by atoms with Gasteiger partial charge in [-0.3, -0.25) is 5.26 Å². The maximum absolute atomic E-state index is 12.9. The van der Waals surface area contributed by atoms with Gasteiger partial charge in [-0.15, -0.1) is 0 Å². The van der Waals surface area contributed by atoms with Crippen molar-refractivity contribution in [3.8, 4) is 5.75 Å². The number of aryl methyl sites for hydroxylation is 1. The highest BCUT2D eigenvalue weighted by Gasteiger charge is 2.55. The Bertz CT molecular complexity index is 448. The summed E-state index contributed by atoms with van der Waals surface area (Å²) in [6.45, 7) is 2.26. The molecule has 102 valence electrons. The smallest absolute Gasteiger partial charge is 0.424 e. The van der Waals surface area contributed by atoms with Crippen LogP contribution in [0.15, 0.2) is 12.1 Å². The molecular weight excluding hydrogens is 273 g/mol. The van der Waals surface area contributed by atoms with E-state index in [1.54, 1.807) is 6.92 Å². The summed E-state index contributed by atoms with van der Waals surface area (Å²) in [5.41, 5.74) is -2.82. The highest BCUT2D eigenvalue weighted by atomic mass is 35.5. The second kappa shape index (κ2) is 4.95. The summed E-state index contributed by atoms with van der Waals surface area (Å²) in [5, 5.41) is 8.40. The first-order chi connectivity index (χ1) is 8.17. The van der Waals surface area contributed by atoms with Gasteiger partial charge in [0.25, 0.3) is 0 Å². The van der Waals surface area contributed by atoms with Crippen LogP contribution in [0.25, 0.3) is 0 Å². The molecule has 0 saturated carbocycles. The zero-order chi connectivity index (χ0) is 14.1. The Morgan fingerprint density at radius 2 is 1.83 bits per heavy atom. The van der Waals surface area contributed by atoms with Crippen LogP contribution in [0.2, 0.25) is 5.02 Å². The molecule has 0 fully saturated rings. The lowest BCUT2D eigenvalue weighted by Crippen LogP contribution is -2.41. The van der Waals surface area contributed by atoms with Crippen molar-refractivity contribution < 1.29 is 28.1 Å². The van der Waals surface area contributed by atoms with Gasteiger partial charge in [0.1, 0.15) is 5.75 Å². The Hall–Kier alpha value is -0.980. The van der Waals surface area contributed by atoms with Crippen molar-refractivity contribution in [1.82, 2.24) is 0 Å². The summed E-state index contributed by atoms with van der Waals surface area (Å²) < 4.78 is 43.7. The van der Waals surface area contributed by atoms with Crippen LogP contribution in [0.1, 0.15) is 18.1 Å². The van der Waals surface area contributed by atoms with Gasteiger partial charge in [-0.1, -0.05) is 11.6 Å². The topological polar surface area (TPSA) is 38.7 Å². The number of hydrogen-bond acceptors (Lipinski definition) is 3. The molecule has 0 amide bonds. The van der Waals surface area contributed by atoms with Crippen LogP contribution in [0, 0.1) is 6.92 Å². The Balaban J connectivity index is 3.45. The first-order valence-corrected chi connectivity index (χ1v) is 5.29. The molecule has 18 heavy (non-hydrogen) atoms. The van der Waals surface area contributed by atoms with Gasteiger partial charge >= 0.3 is 6.18 Å². The van der Waals surface area contributed by atoms with E-state index in [1.807, 2.05) is 0 Å².